The first-order chi connectivity index (χ1) is 16.9. The quantitative estimate of drug-likeness (QED) is 0.389. The zero-order chi connectivity index (χ0) is 24.9. The third-order valence-corrected chi connectivity index (χ3v) is 6.68. The third-order valence-electron chi connectivity index (χ3n) is 5.12. The average molecular weight is 548 g/mol. The molecule has 1 saturated heterocycles. The Labute approximate surface area is 214 Å². The van der Waals surface area contributed by atoms with Crippen molar-refractivity contribution in [1.82, 2.24) is 4.90 Å². The Bertz CT molecular complexity index is 1410. The molecule has 0 unspecified atom stereocenters. The number of nitrogens with zero attached hydrogens (tertiary/aromatic N) is 3. The molecule has 1 heterocycles. The van der Waals surface area contributed by atoms with Crippen LogP contribution in [0.1, 0.15) is 27.0 Å². The van der Waals surface area contributed by atoms with Crippen LogP contribution in [0.2, 0.25) is 0 Å². The molecule has 1 N–H and O–H groups in total. The lowest BCUT2D eigenvalue weighted by atomic mass is 10.1. The Morgan fingerprint density at radius 3 is 2.66 bits per heavy atom. The molecule has 1 fully saturated rings. The van der Waals surface area contributed by atoms with Gasteiger partial charge in [0.2, 0.25) is 0 Å². The second-order valence-corrected chi connectivity index (χ2v) is 9.39. The van der Waals surface area contributed by atoms with Crippen molar-refractivity contribution in [1.29, 1.82) is 5.26 Å². The number of likely N-dealkylation sites (N-methyl/N-ethyl adjacent to an activating group) is 1. The summed E-state index contributed by atoms with van der Waals surface area (Å²) >= 11 is 4.69. The van der Waals surface area contributed by atoms with Gasteiger partial charge in [0.25, 0.3) is 5.91 Å². The molecule has 0 spiro atoms. The minimum atomic E-state index is -1.01. The van der Waals surface area contributed by atoms with Crippen LogP contribution in [0.5, 0.6) is 5.75 Å². The van der Waals surface area contributed by atoms with Gasteiger partial charge in [0.05, 0.1) is 27.8 Å². The molecule has 35 heavy (non-hydrogen) atoms. The number of benzene rings is 3. The number of hydrogen-bond donors (Lipinski definition) is 1. The third kappa shape index (κ3) is 5.62. The second kappa shape index (κ2) is 10.6. The molecule has 0 aromatic heterocycles. The zero-order valence-electron chi connectivity index (χ0n) is 18.4. The van der Waals surface area contributed by atoms with E-state index in [0.717, 1.165) is 10.0 Å². The summed E-state index contributed by atoms with van der Waals surface area (Å²) in [6, 6.07) is 21.0. The van der Waals surface area contributed by atoms with E-state index in [2.05, 4.69) is 27.0 Å². The van der Waals surface area contributed by atoms with Crippen LogP contribution in [0.15, 0.2) is 81.1 Å². The molecule has 0 saturated carbocycles. The molecule has 0 atom stereocenters. The van der Waals surface area contributed by atoms with Crippen LogP contribution in [0.3, 0.4) is 0 Å². The number of halogens is 1. The standard InChI is InChI=1S/C26H18BrN3O4S/c1-30-24(31)23(35-26(30)29-21-9-6-16(7-10-21)25(32)33)13-19-12-20(27)8-11-22(19)34-15-18-5-3-2-4-17(18)14-28/h2-13H,15H2,1H3,(H,32,33). The molecule has 3 aromatic carbocycles. The van der Waals surface area contributed by atoms with Gasteiger partial charge in [-0.3, -0.25) is 9.69 Å². The van der Waals surface area contributed by atoms with Gasteiger partial charge in [0.15, 0.2) is 5.17 Å². The highest BCUT2D eigenvalue weighted by Crippen LogP contribution is 2.35. The molecular formula is C26H18BrN3O4S. The summed E-state index contributed by atoms with van der Waals surface area (Å²) in [5.74, 6) is -0.657. The number of carbonyl (C=O) groups is 2. The van der Waals surface area contributed by atoms with Crippen molar-refractivity contribution in [2.75, 3.05) is 7.05 Å². The predicted molar refractivity (Wildman–Crippen MR) is 138 cm³/mol. The van der Waals surface area contributed by atoms with Gasteiger partial charge in [-0.25, -0.2) is 9.79 Å². The fraction of sp³-hybridized carbons (Fsp3) is 0.0769. The minimum absolute atomic E-state index is 0.164. The van der Waals surface area contributed by atoms with Crippen molar-refractivity contribution in [3.63, 3.8) is 0 Å². The highest BCUT2D eigenvalue weighted by atomic mass is 79.9. The van der Waals surface area contributed by atoms with Crippen LogP contribution < -0.4 is 4.74 Å². The fourth-order valence-corrected chi connectivity index (χ4v) is 4.61. The maximum atomic E-state index is 12.9. The number of aliphatic imine (C=N–C) groups is 1. The van der Waals surface area contributed by atoms with E-state index < -0.39 is 5.97 Å². The number of carboxylic acid groups (broad SMARTS) is 1. The van der Waals surface area contributed by atoms with E-state index in [-0.39, 0.29) is 18.1 Å². The molecule has 1 aliphatic heterocycles. The average Bonchev–Trinajstić information content (AvgIpc) is 3.11. The summed E-state index contributed by atoms with van der Waals surface area (Å²) in [5.41, 5.74) is 2.72. The van der Waals surface area contributed by atoms with Gasteiger partial charge in [0.1, 0.15) is 12.4 Å². The molecule has 174 valence electrons. The summed E-state index contributed by atoms with van der Waals surface area (Å²) in [4.78, 5) is 30.4. The summed E-state index contributed by atoms with van der Waals surface area (Å²) < 4.78 is 6.84. The molecular weight excluding hydrogens is 530 g/mol. The van der Waals surface area contributed by atoms with Crippen molar-refractivity contribution >= 4 is 56.5 Å². The molecule has 9 heteroatoms. The first kappa shape index (κ1) is 24.3. The first-order valence-electron chi connectivity index (χ1n) is 10.4. The number of amidine groups is 1. The number of carbonyl (C=O) groups excluding carboxylic acids is 1. The molecule has 0 bridgehead atoms. The van der Waals surface area contributed by atoms with E-state index in [4.69, 9.17) is 9.84 Å². The zero-order valence-corrected chi connectivity index (χ0v) is 20.8. The van der Waals surface area contributed by atoms with Crippen molar-refractivity contribution in [2.45, 2.75) is 6.61 Å². The van der Waals surface area contributed by atoms with Gasteiger partial charge < -0.3 is 9.84 Å². The predicted octanol–water partition coefficient (Wildman–Crippen LogP) is 5.83. The Morgan fingerprint density at radius 2 is 1.94 bits per heavy atom. The van der Waals surface area contributed by atoms with Crippen molar-refractivity contribution in [2.24, 2.45) is 4.99 Å². The maximum absolute atomic E-state index is 12.9. The van der Waals surface area contributed by atoms with E-state index in [1.165, 1.54) is 28.8 Å². The smallest absolute Gasteiger partial charge is 0.335 e. The van der Waals surface area contributed by atoms with E-state index in [1.807, 2.05) is 24.3 Å². The fourth-order valence-electron chi connectivity index (χ4n) is 3.26. The minimum Gasteiger partial charge on any atom is -0.488 e. The van der Waals surface area contributed by atoms with E-state index in [1.54, 1.807) is 43.5 Å². The Morgan fingerprint density at radius 1 is 1.20 bits per heavy atom. The molecule has 3 aromatic rings. The van der Waals surface area contributed by atoms with E-state index >= 15 is 0 Å². The normalized spacial score (nSPS) is 15.5. The van der Waals surface area contributed by atoms with Gasteiger partial charge in [-0.1, -0.05) is 34.1 Å². The van der Waals surface area contributed by atoms with E-state index in [9.17, 15) is 14.9 Å². The Kier molecular flexibility index (Phi) is 7.34. The van der Waals surface area contributed by atoms with Crippen LogP contribution in [0.4, 0.5) is 5.69 Å². The first-order valence-corrected chi connectivity index (χ1v) is 12.0. The molecule has 0 radical (unpaired) electrons. The highest BCUT2D eigenvalue weighted by Gasteiger charge is 2.30. The monoisotopic (exact) mass is 547 g/mol. The Hall–Kier alpha value is -3.87. The van der Waals surface area contributed by atoms with Crippen LogP contribution in [-0.2, 0) is 11.4 Å². The topological polar surface area (TPSA) is 103 Å². The number of aromatic carboxylic acids is 1. The SMILES string of the molecule is CN1C(=O)C(=Cc2cc(Br)ccc2OCc2ccccc2C#N)SC1=Nc1ccc(C(=O)O)cc1. The van der Waals surface area contributed by atoms with Gasteiger partial charge in [-0.15, -0.1) is 0 Å². The lowest BCUT2D eigenvalue weighted by molar-refractivity contribution is -0.121. The highest BCUT2D eigenvalue weighted by molar-refractivity contribution is 9.10. The number of hydrogen-bond acceptors (Lipinski definition) is 6. The molecule has 0 aliphatic carbocycles. The number of carboxylic acids is 1. The van der Waals surface area contributed by atoms with Gasteiger partial charge in [0, 0.05) is 22.6 Å². The van der Waals surface area contributed by atoms with Crippen molar-refractivity contribution in [3.8, 4) is 11.8 Å². The van der Waals surface area contributed by atoms with Crippen LogP contribution in [0.25, 0.3) is 6.08 Å². The number of ether oxygens (including phenoxy) is 1. The van der Waals surface area contributed by atoms with Crippen LogP contribution in [-0.4, -0.2) is 34.1 Å². The summed E-state index contributed by atoms with van der Waals surface area (Å²) in [6.07, 6.45) is 1.75. The van der Waals surface area contributed by atoms with Crippen LogP contribution in [0, 0.1) is 11.3 Å². The maximum Gasteiger partial charge on any atom is 0.335 e. The van der Waals surface area contributed by atoms with Gasteiger partial charge in [-0.2, -0.15) is 5.26 Å². The molecule has 1 amide bonds. The summed E-state index contributed by atoms with van der Waals surface area (Å²) in [5, 5.41) is 18.8. The van der Waals surface area contributed by atoms with Crippen molar-refractivity contribution < 1.29 is 19.4 Å². The lowest BCUT2D eigenvalue weighted by Crippen LogP contribution is -2.23. The summed E-state index contributed by atoms with van der Waals surface area (Å²) in [7, 11) is 1.64. The largest absolute Gasteiger partial charge is 0.488 e. The number of nitriles is 1. The van der Waals surface area contributed by atoms with Gasteiger partial charge in [-0.05, 0) is 66.4 Å². The van der Waals surface area contributed by atoms with Crippen molar-refractivity contribution in [3.05, 3.63) is 98.4 Å². The molecule has 4 rings (SSSR count). The van der Waals surface area contributed by atoms with Crippen LogP contribution >= 0.6 is 27.7 Å². The number of thioether (sulfide) groups is 1. The van der Waals surface area contributed by atoms with E-state index in [0.29, 0.717) is 32.6 Å². The number of amides is 1. The Balaban J connectivity index is 1.59. The lowest BCUT2D eigenvalue weighted by Gasteiger charge is -2.11. The van der Waals surface area contributed by atoms with Gasteiger partial charge >= 0.3 is 5.97 Å². The molecule has 1 aliphatic rings. The number of rotatable bonds is 6. The second-order valence-electron chi connectivity index (χ2n) is 7.46. The molecule has 7 nitrogen and oxygen atoms in total. The summed E-state index contributed by atoms with van der Waals surface area (Å²) in [6.45, 7) is 0.210.